The van der Waals surface area contributed by atoms with Crippen molar-refractivity contribution in [3.05, 3.63) is 53.2 Å². The maximum absolute atomic E-state index is 12.4. The first-order valence-electron chi connectivity index (χ1n) is 7.71. The largest absolute Gasteiger partial charge is 0.473 e. The minimum absolute atomic E-state index is 0.152. The fourth-order valence-corrected chi connectivity index (χ4v) is 3.51. The Morgan fingerprint density at radius 2 is 2.13 bits per heavy atom. The molecule has 2 heterocycles. The lowest BCUT2D eigenvalue weighted by molar-refractivity contribution is 0.102. The number of benzene rings is 1. The summed E-state index contributed by atoms with van der Waals surface area (Å²) in [5.41, 5.74) is 3.71. The van der Waals surface area contributed by atoms with Crippen molar-refractivity contribution < 1.29 is 9.53 Å². The van der Waals surface area contributed by atoms with Crippen molar-refractivity contribution in [2.45, 2.75) is 26.4 Å². The molecule has 1 atom stereocenters. The Labute approximate surface area is 140 Å². The molecule has 1 unspecified atom stereocenters. The summed E-state index contributed by atoms with van der Waals surface area (Å²) in [7, 11) is 0. The van der Waals surface area contributed by atoms with Gasteiger partial charge in [0.15, 0.2) is 0 Å². The number of hydrogen-bond acceptors (Lipinski definition) is 4. The highest BCUT2D eigenvalue weighted by Crippen LogP contribution is 2.22. The number of thioether (sulfide) groups is 1. The van der Waals surface area contributed by atoms with Crippen LogP contribution in [0.25, 0.3) is 0 Å². The first-order valence-corrected chi connectivity index (χ1v) is 8.86. The fourth-order valence-electron chi connectivity index (χ4n) is 2.41. The zero-order chi connectivity index (χ0) is 16.2. The van der Waals surface area contributed by atoms with E-state index in [-0.39, 0.29) is 12.0 Å². The van der Waals surface area contributed by atoms with Crippen molar-refractivity contribution in [2.24, 2.45) is 0 Å². The van der Waals surface area contributed by atoms with Gasteiger partial charge in [0.2, 0.25) is 5.88 Å². The topological polar surface area (TPSA) is 51.2 Å². The van der Waals surface area contributed by atoms with E-state index in [0.29, 0.717) is 11.4 Å². The van der Waals surface area contributed by atoms with Crippen LogP contribution in [0.1, 0.15) is 27.9 Å². The SMILES string of the molecule is Cc1ccc(NC(=O)c2ccnc(OC3CCSC3)c2)cc1C. The van der Waals surface area contributed by atoms with E-state index in [9.17, 15) is 4.79 Å². The maximum Gasteiger partial charge on any atom is 0.255 e. The van der Waals surface area contributed by atoms with Crippen LogP contribution in [0.2, 0.25) is 0 Å². The Balaban J connectivity index is 1.70. The van der Waals surface area contributed by atoms with E-state index < -0.39 is 0 Å². The standard InChI is InChI=1S/C18H20N2O2S/c1-12-3-4-15(9-13(12)2)20-18(21)14-5-7-19-17(10-14)22-16-6-8-23-11-16/h3-5,7,9-10,16H,6,8,11H2,1-2H3,(H,20,21). The number of hydrogen-bond donors (Lipinski definition) is 1. The molecule has 1 N–H and O–H groups in total. The quantitative estimate of drug-likeness (QED) is 0.926. The van der Waals surface area contributed by atoms with Crippen LogP contribution in [0.5, 0.6) is 5.88 Å². The molecule has 0 saturated carbocycles. The fraction of sp³-hybridized carbons (Fsp3) is 0.333. The van der Waals surface area contributed by atoms with Gasteiger partial charge in [-0.05, 0) is 55.3 Å². The molecule has 0 aliphatic carbocycles. The smallest absolute Gasteiger partial charge is 0.255 e. The van der Waals surface area contributed by atoms with E-state index >= 15 is 0 Å². The molecule has 1 fully saturated rings. The molecule has 1 amide bonds. The summed E-state index contributed by atoms with van der Waals surface area (Å²) in [5, 5.41) is 2.92. The van der Waals surface area contributed by atoms with E-state index in [1.165, 1.54) is 5.56 Å². The molecular formula is C18H20N2O2S. The molecule has 3 rings (SSSR count). The molecule has 5 heteroatoms. The predicted molar refractivity (Wildman–Crippen MR) is 94.5 cm³/mol. The second kappa shape index (κ2) is 7.04. The average molecular weight is 328 g/mol. The average Bonchev–Trinajstić information content (AvgIpc) is 3.04. The van der Waals surface area contributed by atoms with Gasteiger partial charge < -0.3 is 10.1 Å². The summed E-state index contributed by atoms with van der Waals surface area (Å²) in [4.78, 5) is 16.6. The Morgan fingerprint density at radius 1 is 1.26 bits per heavy atom. The molecule has 2 aromatic rings. The van der Waals surface area contributed by atoms with E-state index in [2.05, 4.69) is 17.2 Å². The Kier molecular flexibility index (Phi) is 4.86. The Morgan fingerprint density at radius 3 is 2.87 bits per heavy atom. The Bertz CT molecular complexity index is 712. The van der Waals surface area contributed by atoms with Crippen LogP contribution in [-0.2, 0) is 0 Å². The minimum atomic E-state index is -0.152. The summed E-state index contributed by atoms with van der Waals surface area (Å²) in [6.45, 7) is 4.08. The number of nitrogens with one attached hydrogen (secondary N) is 1. The summed E-state index contributed by atoms with van der Waals surface area (Å²) in [6, 6.07) is 9.30. The summed E-state index contributed by atoms with van der Waals surface area (Å²) in [6.07, 6.45) is 2.85. The third-order valence-corrected chi connectivity index (χ3v) is 5.07. The molecule has 1 aliphatic heterocycles. The van der Waals surface area contributed by atoms with Gasteiger partial charge in [-0.1, -0.05) is 6.07 Å². The van der Waals surface area contributed by atoms with Gasteiger partial charge in [-0.2, -0.15) is 11.8 Å². The number of nitrogens with zero attached hydrogens (tertiary/aromatic N) is 1. The highest BCUT2D eigenvalue weighted by atomic mass is 32.2. The van der Waals surface area contributed by atoms with Crippen molar-refractivity contribution >= 4 is 23.4 Å². The van der Waals surface area contributed by atoms with Gasteiger partial charge in [-0.3, -0.25) is 4.79 Å². The molecule has 120 valence electrons. The van der Waals surface area contributed by atoms with E-state index in [1.807, 2.05) is 36.9 Å². The third kappa shape index (κ3) is 4.05. The molecule has 0 radical (unpaired) electrons. The molecule has 0 spiro atoms. The predicted octanol–water partition coefficient (Wildman–Crippen LogP) is 3.84. The van der Waals surface area contributed by atoms with Crippen molar-refractivity contribution in [1.29, 1.82) is 0 Å². The maximum atomic E-state index is 12.4. The number of pyridine rings is 1. The number of ether oxygens (including phenoxy) is 1. The van der Waals surface area contributed by atoms with Crippen LogP contribution in [0.3, 0.4) is 0 Å². The van der Waals surface area contributed by atoms with Gasteiger partial charge in [0.05, 0.1) is 0 Å². The summed E-state index contributed by atoms with van der Waals surface area (Å²) >= 11 is 1.88. The minimum Gasteiger partial charge on any atom is -0.473 e. The van der Waals surface area contributed by atoms with Gasteiger partial charge in [-0.15, -0.1) is 0 Å². The van der Waals surface area contributed by atoms with Crippen molar-refractivity contribution in [3.8, 4) is 5.88 Å². The first kappa shape index (κ1) is 15.9. The molecule has 4 nitrogen and oxygen atoms in total. The van der Waals surface area contributed by atoms with Crippen LogP contribution in [0, 0.1) is 13.8 Å². The van der Waals surface area contributed by atoms with Crippen LogP contribution in [-0.4, -0.2) is 28.5 Å². The van der Waals surface area contributed by atoms with Crippen molar-refractivity contribution in [2.75, 3.05) is 16.8 Å². The zero-order valence-corrected chi connectivity index (χ0v) is 14.2. The van der Waals surface area contributed by atoms with Crippen LogP contribution >= 0.6 is 11.8 Å². The molecule has 1 aromatic carbocycles. The highest BCUT2D eigenvalue weighted by molar-refractivity contribution is 7.99. The number of anilines is 1. The Hall–Kier alpha value is -2.01. The summed E-state index contributed by atoms with van der Waals surface area (Å²) in [5.74, 6) is 2.48. The number of aryl methyl sites for hydroxylation is 2. The van der Waals surface area contributed by atoms with Gasteiger partial charge in [0.25, 0.3) is 5.91 Å². The first-order chi connectivity index (χ1) is 11.1. The zero-order valence-electron chi connectivity index (χ0n) is 13.3. The van der Waals surface area contributed by atoms with Crippen molar-refractivity contribution in [3.63, 3.8) is 0 Å². The molecule has 1 aromatic heterocycles. The van der Waals surface area contributed by atoms with Gasteiger partial charge in [0.1, 0.15) is 6.10 Å². The van der Waals surface area contributed by atoms with Crippen LogP contribution in [0.15, 0.2) is 36.5 Å². The van der Waals surface area contributed by atoms with Gasteiger partial charge in [0, 0.05) is 29.3 Å². The van der Waals surface area contributed by atoms with Gasteiger partial charge in [-0.25, -0.2) is 4.98 Å². The normalized spacial score (nSPS) is 17.0. The number of rotatable bonds is 4. The lowest BCUT2D eigenvalue weighted by atomic mass is 10.1. The highest BCUT2D eigenvalue weighted by Gasteiger charge is 2.18. The lowest BCUT2D eigenvalue weighted by Gasteiger charge is -2.12. The molecule has 0 bridgehead atoms. The lowest BCUT2D eigenvalue weighted by Crippen LogP contribution is -2.17. The second-order valence-corrected chi connectivity index (χ2v) is 6.89. The third-order valence-electron chi connectivity index (χ3n) is 3.94. The number of aromatic nitrogens is 1. The molecular weight excluding hydrogens is 308 g/mol. The van der Waals surface area contributed by atoms with E-state index in [0.717, 1.165) is 29.2 Å². The molecule has 23 heavy (non-hydrogen) atoms. The molecule has 1 aliphatic rings. The van der Waals surface area contributed by atoms with E-state index in [4.69, 9.17) is 4.74 Å². The second-order valence-electron chi connectivity index (χ2n) is 5.74. The number of amides is 1. The van der Waals surface area contributed by atoms with Crippen LogP contribution in [0.4, 0.5) is 5.69 Å². The number of carbonyl (C=O) groups excluding carboxylic acids is 1. The van der Waals surface area contributed by atoms with E-state index in [1.54, 1.807) is 18.3 Å². The van der Waals surface area contributed by atoms with Crippen molar-refractivity contribution in [1.82, 2.24) is 4.98 Å². The van der Waals surface area contributed by atoms with Gasteiger partial charge >= 0.3 is 0 Å². The monoisotopic (exact) mass is 328 g/mol. The number of carbonyl (C=O) groups is 1. The molecule has 1 saturated heterocycles. The summed E-state index contributed by atoms with van der Waals surface area (Å²) < 4.78 is 5.84. The van der Waals surface area contributed by atoms with Crippen LogP contribution < -0.4 is 10.1 Å².